The van der Waals surface area contributed by atoms with Gasteiger partial charge in [-0.25, -0.2) is 0 Å². The third-order valence-electron chi connectivity index (χ3n) is 5.05. The van der Waals surface area contributed by atoms with Crippen molar-refractivity contribution in [1.82, 2.24) is 0 Å². The lowest BCUT2D eigenvalue weighted by atomic mass is 9.70. The molecule has 0 aromatic heterocycles. The first-order valence-electron chi connectivity index (χ1n) is 7.68. The molecule has 0 saturated heterocycles. The Morgan fingerprint density at radius 3 is 2.73 bits per heavy atom. The van der Waals surface area contributed by atoms with Crippen LogP contribution in [-0.4, -0.2) is 13.0 Å². The summed E-state index contributed by atoms with van der Waals surface area (Å²) in [5.74, 6) is 1.32. The van der Waals surface area contributed by atoms with Crippen molar-refractivity contribution in [3.8, 4) is 0 Å². The molecule has 22 heavy (non-hydrogen) atoms. The second-order valence-corrected chi connectivity index (χ2v) is 7.87. The Bertz CT molecular complexity index is 828. The van der Waals surface area contributed by atoms with Gasteiger partial charge in [0.15, 0.2) is 0 Å². The summed E-state index contributed by atoms with van der Waals surface area (Å²) < 4.78 is 31.8. The number of hydrogen-bond acceptors (Lipinski definition) is 2. The summed E-state index contributed by atoms with van der Waals surface area (Å²) in [6.07, 6.45) is 13.3. The van der Waals surface area contributed by atoms with E-state index in [-0.39, 0.29) is 4.90 Å². The summed E-state index contributed by atoms with van der Waals surface area (Å²) in [7, 11) is -4.13. The van der Waals surface area contributed by atoms with Gasteiger partial charge in [-0.05, 0) is 71.9 Å². The highest BCUT2D eigenvalue weighted by Crippen LogP contribution is 2.43. The van der Waals surface area contributed by atoms with Crippen molar-refractivity contribution in [1.29, 1.82) is 0 Å². The number of benzene rings is 1. The van der Waals surface area contributed by atoms with Crippen molar-refractivity contribution in [3.63, 3.8) is 0 Å². The van der Waals surface area contributed by atoms with E-state index in [2.05, 4.69) is 24.3 Å². The van der Waals surface area contributed by atoms with Gasteiger partial charge in [0.1, 0.15) is 0 Å². The van der Waals surface area contributed by atoms with Gasteiger partial charge in [-0.2, -0.15) is 8.42 Å². The van der Waals surface area contributed by atoms with Crippen LogP contribution >= 0.6 is 0 Å². The Labute approximate surface area is 130 Å². The van der Waals surface area contributed by atoms with Gasteiger partial charge in [-0.15, -0.1) is 0 Å². The van der Waals surface area contributed by atoms with Gasteiger partial charge in [0.2, 0.25) is 0 Å². The SMILES string of the molecule is O=S(=O)(O)c1ccc2c(c1)CC1=CC3CC=CCC3CC1=C2. The smallest absolute Gasteiger partial charge is 0.282 e. The molecule has 0 fully saturated rings. The Morgan fingerprint density at radius 2 is 1.91 bits per heavy atom. The number of hydrogen-bond donors (Lipinski definition) is 1. The molecule has 2 unspecified atom stereocenters. The van der Waals surface area contributed by atoms with Gasteiger partial charge >= 0.3 is 0 Å². The molecule has 0 amide bonds. The minimum Gasteiger partial charge on any atom is -0.282 e. The van der Waals surface area contributed by atoms with Crippen LogP contribution in [0.25, 0.3) is 6.08 Å². The highest BCUT2D eigenvalue weighted by molar-refractivity contribution is 7.85. The predicted octanol–water partition coefficient (Wildman–Crippen LogP) is 3.79. The molecule has 0 saturated carbocycles. The average molecular weight is 314 g/mol. The molecule has 1 aromatic rings. The lowest BCUT2D eigenvalue weighted by Gasteiger charge is -2.35. The summed E-state index contributed by atoms with van der Waals surface area (Å²) in [6.45, 7) is 0. The van der Waals surface area contributed by atoms with Crippen LogP contribution < -0.4 is 0 Å². The number of rotatable bonds is 1. The topological polar surface area (TPSA) is 54.4 Å². The van der Waals surface area contributed by atoms with Crippen molar-refractivity contribution in [2.24, 2.45) is 11.8 Å². The molecule has 1 aromatic carbocycles. The molecular weight excluding hydrogens is 296 g/mol. The van der Waals surface area contributed by atoms with Gasteiger partial charge in [0.05, 0.1) is 4.90 Å². The fraction of sp³-hybridized carbons (Fsp3) is 0.333. The predicted molar refractivity (Wildman–Crippen MR) is 86.0 cm³/mol. The first kappa shape index (κ1) is 14.0. The van der Waals surface area contributed by atoms with Crippen LogP contribution in [0.2, 0.25) is 0 Å². The quantitative estimate of drug-likeness (QED) is 0.634. The zero-order chi connectivity index (χ0) is 15.3. The fourth-order valence-corrected chi connectivity index (χ4v) is 4.39. The van der Waals surface area contributed by atoms with Crippen LogP contribution in [0.1, 0.15) is 30.4 Å². The van der Waals surface area contributed by atoms with E-state index in [4.69, 9.17) is 0 Å². The van der Waals surface area contributed by atoms with Crippen molar-refractivity contribution < 1.29 is 13.0 Å². The standard InChI is InChI=1S/C18H18O3S/c19-22(20,21)18-6-5-14-9-15-7-12-3-1-2-4-13(12)8-16(15)10-17(14)11-18/h1-2,5-6,8-9,11-13H,3-4,7,10H2,(H,19,20,21). The van der Waals surface area contributed by atoms with Crippen LogP contribution in [0.4, 0.5) is 0 Å². The highest BCUT2D eigenvalue weighted by Gasteiger charge is 2.30. The molecular formula is C18H18O3S. The first-order chi connectivity index (χ1) is 10.5. The molecule has 3 aliphatic carbocycles. The number of allylic oxidation sites excluding steroid dienone is 5. The third kappa shape index (κ3) is 2.36. The molecule has 4 rings (SSSR count). The molecule has 0 heterocycles. The van der Waals surface area contributed by atoms with Gasteiger partial charge in [-0.1, -0.05) is 30.4 Å². The third-order valence-corrected chi connectivity index (χ3v) is 5.90. The van der Waals surface area contributed by atoms with Crippen LogP contribution in [0.5, 0.6) is 0 Å². The van der Waals surface area contributed by atoms with E-state index < -0.39 is 10.1 Å². The minimum atomic E-state index is -4.13. The maximum absolute atomic E-state index is 11.3. The van der Waals surface area contributed by atoms with Crippen molar-refractivity contribution >= 4 is 16.2 Å². The molecule has 2 atom stereocenters. The van der Waals surface area contributed by atoms with Crippen LogP contribution in [0.15, 0.2) is 52.5 Å². The molecule has 0 spiro atoms. The molecule has 0 aliphatic heterocycles. The summed E-state index contributed by atoms with van der Waals surface area (Å²) in [5, 5.41) is 0. The van der Waals surface area contributed by atoms with Crippen LogP contribution in [-0.2, 0) is 16.5 Å². The zero-order valence-electron chi connectivity index (χ0n) is 12.2. The highest BCUT2D eigenvalue weighted by atomic mass is 32.2. The first-order valence-corrected chi connectivity index (χ1v) is 9.12. The monoisotopic (exact) mass is 314 g/mol. The minimum absolute atomic E-state index is 0.0158. The molecule has 3 aliphatic rings. The van der Waals surface area contributed by atoms with E-state index >= 15 is 0 Å². The van der Waals surface area contributed by atoms with Crippen molar-refractivity contribution in [2.45, 2.75) is 30.6 Å². The Morgan fingerprint density at radius 1 is 1.09 bits per heavy atom. The van der Waals surface area contributed by atoms with Gasteiger partial charge in [0.25, 0.3) is 10.1 Å². The zero-order valence-corrected chi connectivity index (χ0v) is 13.0. The Kier molecular flexibility index (Phi) is 3.13. The van der Waals surface area contributed by atoms with E-state index in [1.165, 1.54) is 17.2 Å². The van der Waals surface area contributed by atoms with Crippen LogP contribution in [0, 0.1) is 11.8 Å². The van der Waals surface area contributed by atoms with Crippen LogP contribution in [0.3, 0.4) is 0 Å². The second-order valence-electron chi connectivity index (χ2n) is 6.44. The summed E-state index contributed by atoms with van der Waals surface area (Å²) in [4.78, 5) is -0.0158. The largest absolute Gasteiger partial charge is 0.294 e. The normalized spacial score (nSPS) is 26.4. The van der Waals surface area contributed by atoms with E-state index in [1.807, 2.05) is 0 Å². The van der Waals surface area contributed by atoms with Gasteiger partial charge in [-0.3, -0.25) is 4.55 Å². The number of fused-ring (bicyclic) bond motifs is 3. The lowest BCUT2D eigenvalue weighted by Crippen LogP contribution is -2.22. The molecule has 1 N–H and O–H groups in total. The Hall–Kier alpha value is -1.65. The maximum atomic E-state index is 11.3. The molecule has 4 heteroatoms. The summed E-state index contributed by atoms with van der Waals surface area (Å²) in [5.41, 5.74) is 4.78. The summed E-state index contributed by atoms with van der Waals surface area (Å²) in [6, 6.07) is 4.88. The van der Waals surface area contributed by atoms with Gasteiger partial charge in [0, 0.05) is 0 Å². The fourth-order valence-electron chi connectivity index (χ4n) is 3.86. The van der Waals surface area contributed by atoms with E-state index in [9.17, 15) is 13.0 Å². The van der Waals surface area contributed by atoms with E-state index in [0.717, 1.165) is 36.8 Å². The Balaban J connectivity index is 1.75. The molecule has 0 radical (unpaired) electrons. The van der Waals surface area contributed by atoms with E-state index in [1.54, 1.807) is 12.1 Å². The molecule has 0 bridgehead atoms. The summed E-state index contributed by atoms with van der Waals surface area (Å²) >= 11 is 0. The second kappa shape index (κ2) is 4.93. The van der Waals surface area contributed by atoms with Crippen molar-refractivity contribution in [3.05, 3.63) is 58.7 Å². The maximum Gasteiger partial charge on any atom is 0.294 e. The van der Waals surface area contributed by atoms with Crippen molar-refractivity contribution in [2.75, 3.05) is 0 Å². The van der Waals surface area contributed by atoms with E-state index in [0.29, 0.717) is 11.8 Å². The average Bonchev–Trinajstić information content (AvgIpc) is 2.49. The lowest BCUT2D eigenvalue weighted by molar-refractivity contribution is 0.369. The van der Waals surface area contributed by atoms with Gasteiger partial charge < -0.3 is 0 Å². The molecule has 114 valence electrons. The molecule has 3 nitrogen and oxygen atoms in total.